The maximum absolute atomic E-state index is 13.9. The number of fused-ring (bicyclic) bond motifs is 1. The number of benzene rings is 1. The number of hydrogen-bond acceptors (Lipinski definition) is 3. The summed E-state index contributed by atoms with van der Waals surface area (Å²) in [6.07, 6.45) is -12.2. The molecular formula is C13H7F6NO3. The van der Waals surface area contributed by atoms with Crippen molar-refractivity contribution in [3.63, 3.8) is 0 Å². The van der Waals surface area contributed by atoms with Crippen LogP contribution in [-0.2, 0) is 4.74 Å². The first-order chi connectivity index (χ1) is 10.6. The molecule has 1 N–H and O–H groups in total. The zero-order valence-corrected chi connectivity index (χ0v) is 10.9. The number of hydrogen-bond donors (Lipinski definition) is 1. The lowest BCUT2D eigenvalue weighted by molar-refractivity contribution is -0.362. The van der Waals surface area contributed by atoms with Crippen LogP contribution in [0.5, 0.6) is 0 Å². The molecule has 4 nitrogen and oxygen atoms in total. The monoisotopic (exact) mass is 339 g/mol. The van der Waals surface area contributed by atoms with E-state index in [0.29, 0.717) is 0 Å². The lowest BCUT2D eigenvalue weighted by atomic mass is 10.00. The van der Waals surface area contributed by atoms with Gasteiger partial charge in [0, 0.05) is 10.9 Å². The molecule has 2 rings (SSSR count). The minimum Gasteiger partial charge on any atom is -0.478 e. The number of nitrogens with zero attached hydrogens (tertiary/aromatic N) is 1. The van der Waals surface area contributed by atoms with Crippen molar-refractivity contribution in [1.82, 2.24) is 4.98 Å². The highest BCUT2D eigenvalue weighted by Gasteiger charge is 2.38. The minimum atomic E-state index is -5.43. The summed E-state index contributed by atoms with van der Waals surface area (Å²) in [5.74, 6) is -2.04. The molecule has 1 atom stereocenters. The van der Waals surface area contributed by atoms with Crippen LogP contribution in [0.15, 0.2) is 24.3 Å². The number of aromatic nitrogens is 1. The van der Waals surface area contributed by atoms with E-state index < -0.39 is 41.9 Å². The van der Waals surface area contributed by atoms with E-state index in [9.17, 15) is 31.1 Å². The zero-order chi connectivity index (χ0) is 17.4. The summed E-state index contributed by atoms with van der Waals surface area (Å²) in [4.78, 5) is 14.6. The standard InChI is InChI=1S/C13H7F6NO3/c14-10(15)9-8(12(21)22)7(11(16)23-13(17,18)19)5-3-1-2-4-6(5)20-9/h1-4,10-11H,(H,21,22). The van der Waals surface area contributed by atoms with Gasteiger partial charge in [0.1, 0.15) is 5.69 Å². The van der Waals surface area contributed by atoms with Crippen molar-refractivity contribution in [3.8, 4) is 0 Å². The average molecular weight is 339 g/mol. The van der Waals surface area contributed by atoms with Crippen molar-refractivity contribution in [2.24, 2.45) is 0 Å². The first kappa shape index (κ1) is 17.0. The van der Waals surface area contributed by atoms with Crippen LogP contribution in [-0.4, -0.2) is 22.4 Å². The Balaban J connectivity index is 2.81. The number of ether oxygens (including phenoxy) is 1. The normalized spacial score (nSPS) is 13.5. The molecule has 0 fully saturated rings. The SMILES string of the molecule is O=C(O)c1c(C(F)F)nc2ccccc2c1C(F)OC(F)(F)F. The Morgan fingerprint density at radius 3 is 2.30 bits per heavy atom. The fourth-order valence-corrected chi connectivity index (χ4v) is 2.05. The molecule has 0 bridgehead atoms. The van der Waals surface area contributed by atoms with Crippen LogP contribution in [0.25, 0.3) is 10.9 Å². The number of carboxylic acids is 1. The van der Waals surface area contributed by atoms with Crippen LogP contribution in [0.4, 0.5) is 26.3 Å². The van der Waals surface area contributed by atoms with E-state index in [4.69, 9.17) is 5.11 Å². The summed E-state index contributed by atoms with van der Waals surface area (Å²) in [7, 11) is 0. The third kappa shape index (κ3) is 3.52. The van der Waals surface area contributed by atoms with Crippen LogP contribution >= 0.6 is 0 Å². The Bertz CT molecular complexity index is 746. The molecule has 1 aromatic carbocycles. The minimum absolute atomic E-state index is 0.281. The number of halogens is 6. The molecule has 0 spiro atoms. The summed E-state index contributed by atoms with van der Waals surface area (Å²) in [5.41, 5.74) is -4.12. The molecule has 0 amide bonds. The maximum Gasteiger partial charge on any atom is 0.525 e. The lowest BCUT2D eigenvalue weighted by Gasteiger charge is -2.18. The zero-order valence-electron chi connectivity index (χ0n) is 10.9. The third-order valence-corrected chi connectivity index (χ3v) is 2.85. The van der Waals surface area contributed by atoms with Crippen LogP contribution in [0, 0.1) is 0 Å². The Morgan fingerprint density at radius 1 is 1.17 bits per heavy atom. The van der Waals surface area contributed by atoms with E-state index in [1.807, 2.05) is 0 Å². The molecule has 0 saturated carbocycles. The van der Waals surface area contributed by atoms with Gasteiger partial charge in [-0.2, -0.15) is 0 Å². The Labute approximate surface area is 124 Å². The maximum atomic E-state index is 13.9. The van der Waals surface area contributed by atoms with Gasteiger partial charge in [-0.15, -0.1) is 13.2 Å². The summed E-state index contributed by atoms with van der Waals surface area (Å²) in [5, 5.41) is 8.66. The molecule has 23 heavy (non-hydrogen) atoms. The highest BCUT2D eigenvalue weighted by molar-refractivity contribution is 5.97. The molecule has 0 aliphatic carbocycles. The highest BCUT2D eigenvalue weighted by atomic mass is 19.4. The van der Waals surface area contributed by atoms with E-state index in [1.165, 1.54) is 12.1 Å². The van der Waals surface area contributed by atoms with Gasteiger partial charge in [0.15, 0.2) is 0 Å². The number of rotatable bonds is 4. The molecule has 2 aromatic rings. The second kappa shape index (κ2) is 6.03. The first-order valence-electron chi connectivity index (χ1n) is 5.94. The number of aromatic carboxylic acids is 1. The van der Waals surface area contributed by atoms with Crippen LogP contribution < -0.4 is 0 Å². The molecule has 10 heteroatoms. The molecule has 1 heterocycles. The van der Waals surface area contributed by atoms with E-state index >= 15 is 0 Å². The Kier molecular flexibility index (Phi) is 4.46. The molecule has 0 aliphatic rings. The average Bonchev–Trinajstić information content (AvgIpc) is 2.42. The fraction of sp³-hybridized carbons (Fsp3) is 0.231. The van der Waals surface area contributed by atoms with Crippen molar-refractivity contribution in [1.29, 1.82) is 0 Å². The Morgan fingerprint density at radius 2 is 1.78 bits per heavy atom. The third-order valence-electron chi connectivity index (χ3n) is 2.85. The van der Waals surface area contributed by atoms with Gasteiger partial charge in [0.05, 0.1) is 11.1 Å². The fourth-order valence-electron chi connectivity index (χ4n) is 2.05. The van der Waals surface area contributed by atoms with Gasteiger partial charge in [-0.3, -0.25) is 4.74 Å². The Hall–Kier alpha value is -2.36. The van der Waals surface area contributed by atoms with Gasteiger partial charge in [-0.25, -0.2) is 22.9 Å². The van der Waals surface area contributed by atoms with Crippen LogP contribution in [0.3, 0.4) is 0 Å². The molecule has 0 saturated heterocycles. The first-order valence-corrected chi connectivity index (χ1v) is 5.94. The predicted molar refractivity (Wildman–Crippen MR) is 64.6 cm³/mol. The second-order valence-corrected chi connectivity index (χ2v) is 4.29. The van der Waals surface area contributed by atoms with Gasteiger partial charge < -0.3 is 5.11 Å². The smallest absolute Gasteiger partial charge is 0.478 e. The van der Waals surface area contributed by atoms with Gasteiger partial charge in [0.2, 0.25) is 6.36 Å². The van der Waals surface area contributed by atoms with Crippen molar-refractivity contribution >= 4 is 16.9 Å². The summed E-state index contributed by atoms with van der Waals surface area (Å²) in [6, 6.07) is 4.79. The molecule has 1 aromatic heterocycles. The summed E-state index contributed by atoms with van der Waals surface area (Å²) >= 11 is 0. The van der Waals surface area contributed by atoms with E-state index in [1.54, 1.807) is 0 Å². The highest BCUT2D eigenvalue weighted by Crippen LogP contribution is 2.38. The van der Waals surface area contributed by atoms with E-state index in [2.05, 4.69) is 9.72 Å². The van der Waals surface area contributed by atoms with Crippen molar-refractivity contribution in [2.45, 2.75) is 19.1 Å². The molecule has 124 valence electrons. The van der Waals surface area contributed by atoms with E-state index in [0.717, 1.165) is 12.1 Å². The van der Waals surface area contributed by atoms with Gasteiger partial charge in [0.25, 0.3) is 6.43 Å². The van der Waals surface area contributed by atoms with Crippen LogP contribution in [0.2, 0.25) is 0 Å². The topological polar surface area (TPSA) is 59.4 Å². The molecular weight excluding hydrogens is 332 g/mol. The number of alkyl halides is 6. The van der Waals surface area contributed by atoms with Crippen molar-refractivity contribution in [3.05, 3.63) is 41.1 Å². The summed E-state index contributed by atoms with van der Waals surface area (Å²) < 4.78 is 79.7. The number of para-hydroxylation sites is 1. The predicted octanol–water partition coefficient (Wildman–Crippen LogP) is 4.38. The lowest BCUT2D eigenvalue weighted by Crippen LogP contribution is -2.19. The van der Waals surface area contributed by atoms with Gasteiger partial charge in [-0.05, 0) is 6.07 Å². The van der Waals surface area contributed by atoms with E-state index in [-0.39, 0.29) is 10.9 Å². The number of pyridine rings is 1. The summed E-state index contributed by atoms with van der Waals surface area (Å²) in [6.45, 7) is 0. The largest absolute Gasteiger partial charge is 0.525 e. The number of carboxylic acid groups (broad SMARTS) is 1. The van der Waals surface area contributed by atoms with Crippen molar-refractivity contribution < 1.29 is 41.0 Å². The van der Waals surface area contributed by atoms with Crippen LogP contribution in [0.1, 0.15) is 34.4 Å². The quantitative estimate of drug-likeness (QED) is 0.840. The molecule has 1 unspecified atom stereocenters. The van der Waals surface area contributed by atoms with Gasteiger partial charge in [-0.1, -0.05) is 18.2 Å². The number of carbonyl (C=O) groups is 1. The second-order valence-electron chi connectivity index (χ2n) is 4.29. The molecule has 0 radical (unpaired) electrons. The van der Waals surface area contributed by atoms with Gasteiger partial charge >= 0.3 is 12.3 Å². The van der Waals surface area contributed by atoms with Crippen molar-refractivity contribution in [2.75, 3.05) is 0 Å². The molecule has 0 aliphatic heterocycles.